The van der Waals surface area contributed by atoms with Crippen LogP contribution in [-0.4, -0.2) is 0 Å². The third-order valence-corrected chi connectivity index (χ3v) is 8.65. The molecule has 6 aliphatic rings. The summed E-state index contributed by atoms with van der Waals surface area (Å²) in [5.41, 5.74) is 12.7. The maximum atomic E-state index is 2.42. The van der Waals surface area contributed by atoms with Gasteiger partial charge in [-0.3, -0.25) is 0 Å². The summed E-state index contributed by atoms with van der Waals surface area (Å²) < 4.78 is 0. The van der Waals surface area contributed by atoms with Gasteiger partial charge in [0.25, 0.3) is 0 Å². The van der Waals surface area contributed by atoms with E-state index in [-0.39, 0.29) is 0 Å². The summed E-state index contributed by atoms with van der Waals surface area (Å²) in [6.07, 6.45) is 0. The third kappa shape index (κ3) is 1.64. The highest BCUT2D eigenvalue weighted by atomic mass is 14.6. The Kier molecular flexibility index (Phi) is 2.78. The fourth-order valence-corrected chi connectivity index (χ4v) is 7.91. The van der Waals surface area contributed by atoms with Crippen LogP contribution < -0.4 is 0 Å². The van der Waals surface area contributed by atoms with Crippen LogP contribution in [0.2, 0.25) is 0 Å². The first-order chi connectivity index (χ1) is 14.9. The Morgan fingerprint density at radius 2 is 0.433 bits per heavy atom. The van der Waals surface area contributed by atoms with Crippen LogP contribution in [0, 0.1) is 11.8 Å². The lowest BCUT2D eigenvalue weighted by Crippen LogP contribution is -2.51. The Morgan fingerprint density at radius 3 is 0.600 bits per heavy atom. The first-order valence-corrected chi connectivity index (χ1v) is 11.3. The monoisotopic (exact) mass is 382 g/mol. The van der Waals surface area contributed by atoms with Gasteiger partial charge >= 0.3 is 0 Å². The maximum absolute atomic E-state index is 2.42. The van der Waals surface area contributed by atoms with Crippen LogP contribution in [0.1, 0.15) is 68.2 Å². The fraction of sp³-hybridized carbons (Fsp3) is 0.200. The minimum Gasteiger partial charge on any atom is -0.0620 e. The van der Waals surface area contributed by atoms with Crippen LogP contribution in [-0.2, 0) is 0 Å². The molecule has 0 heteroatoms. The van der Waals surface area contributed by atoms with E-state index >= 15 is 0 Å². The summed E-state index contributed by atoms with van der Waals surface area (Å²) in [4.78, 5) is 0. The summed E-state index contributed by atoms with van der Waals surface area (Å²) in [5, 5.41) is 0. The first kappa shape index (κ1) is 15.7. The van der Waals surface area contributed by atoms with Gasteiger partial charge < -0.3 is 0 Å². The molecule has 4 bridgehead atoms. The van der Waals surface area contributed by atoms with Crippen molar-refractivity contribution in [1.82, 2.24) is 0 Å². The minimum absolute atomic E-state index is 0.501. The van der Waals surface area contributed by atoms with Crippen molar-refractivity contribution in [2.45, 2.75) is 23.7 Å². The van der Waals surface area contributed by atoms with Crippen molar-refractivity contribution in [3.8, 4) is 0 Å². The molecule has 0 N–H and O–H groups in total. The van der Waals surface area contributed by atoms with E-state index in [1.165, 1.54) is 0 Å². The molecule has 0 saturated carbocycles. The number of benzene rings is 4. The van der Waals surface area contributed by atoms with E-state index in [0.29, 0.717) is 35.5 Å². The van der Waals surface area contributed by atoms with Crippen molar-refractivity contribution < 1.29 is 0 Å². The van der Waals surface area contributed by atoms with Gasteiger partial charge in [0, 0.05) is 23.7 Å². The Morgan fingerprint density at radius 1 is 0.267 bits per heavy atom. The van der Waals surface area contributed by atoms with Gasteiger partial charge in [0.05, 0.1) is 0 Å². The van der Waals surface area contributed by atoms with Gasteiger partial charge in [-0.2, -0.15) is 0 Å². The maximum Gasteiger partial charge on any atom is 0.0136 e. The van der Waals surface area contributed by atoms with Gasteiger partial charge in [-0.15, -0.1) is 0 Å². The lowest BCUT2D eigenvalue weighted by molar-refractivity contribution is 0.155. The molecule has 30 heavy (non-hydrogen) atoms. The van der Waals surface area contributed by atoms with Crippen LogP contribution in [0.15, 0.2) is 97.1 Å². The molecule has 0 aliphatic heterocycles. The molecule has 0 amide bonds. The molecule has 4 aromatic rings. The normalized spacial score (nSPS) is 30.7. The lowest BCUT2D eigenvalue weighted by atomic mass is 9.41. The molecule has 0 fully saturated rings. The van der Waals surface area contributed by atoms with Crippen LogP contribution in [0.5, 0.6) is 0 Å². The third-order valence-electron chi connectivity index (χ3n) is 8.65. The van der Waals surface area contributed by atoms with Crippen LogP contribution in [0.3, 0.4) is 0 Å². The van der Waals surface area contributed by atoms with E-state index < -0.39 is 0 Å². The van der Waals surface area contributed by atoms with Crippen molar-refractivity contribution in [1.29, 1.82) is 0 Å². The Balaban J connectivity index is 1.50. The highest BCUT2D eigenvalue weighted by Gasteiger charge is 2.60. The van der Waals surface area contributed by atoms with Crippen LogP contribution in [0.4, 0.5) is 0 Å². The Labute approximate surface area is 177 Å². The van der Waals surface area contributed by atoms with Gasteiger partial charge in [0.15, 0.2) is 0 Å². The molecule has 0 unspecified atom stereocenters. The summed E-state index contributed by atoms with van der Waals surface area (Å²) >= 11 is 0. The SMILES string of the molecule is c1ccc2c(c1)C1c3ccccc3C2C2C3c4ccccc4C(c4ccccc43)C12. The average Bonchev–Trinajstić information content (AvgIpc) is 2.83. The molecule has 10 rings (SSSR count). The molecule has 0 radical (unpaired) electrons. The lowest BCUT2D eigenvalue weighted by Gasteiger charge is -2.61. The molecule has 6 aliphatic carbocycles. The highest BCUT2D eigenvalue weighted by Crippen LogP contribution is 2.71. The van der Waals surface area contributed by atoms with Crippen molar-refractivity contribution in [2.24, 2.45) is 11.8 Å². The highest BCUT2D eigenvalue weighted by molar-refractivity contribution is 5.65. The smallest absolute Gasteiger partial charge is 0.0136 e. The molecular formula is C30H22. The molecule has 0 atom stereocenters. The van der Waals surface area contributed by atoms with Crippen LogP contribution >= 0.6 is 0 Å². The summed E-state index contributed by atoms with van der Waals surface area (Å²) in [6.45, 7) is 0. The molecule has 4 aromatic carbocycles. The predicted molar refractivity (Wildman–Crippen MR) is 120 cm³/mol. The van der Waals surface area contributed by atoms with E-state index in [0.717, 1.165) is 0 Å². The van der Waals surface area contributed by atoms with E-state index in [4.69, 9.17) is 0 Å². The Bertz CT molecular complexity index is 1050. The minimum atomic E-state index is 0.501. The van der Waals surface area contributed by atoms with Gasteiger partial charge in [0.2, 0.25) is 0 Å². The zero-order valence-electron chi connectivity index (χ0n) is 16.7. The first-order valence-electron chi connectivity index (χ1n) is 11.3. The topological polar surface area (TPSA) is 0 Å². The molecule has 0 saturated heterocycles. The second-order valence-corrected chi connectivity index (χ2v) is 9.58. The van der Waals surface area contributed by atoms with E-state index in [2.05, 4.69) is 97.1 Å². The summed E-state index contributed by atoms with van der Waals surface area (Å²) in [5.74, 6) is 3.30. The van der Waals surface area contributed by atoms with E-state index in [1.807, 2.05) is 0 Å². The molecule has 0 aromatic heterocycles. The number of rotatable bonds is 0. The molecule has 0 heterocycles. The average molecular weight is 383 g/mol. The number of hydrogen-bond donors (Lipinski definition) is 0. The zero-order valence-corrected chi connectivity index (χ0v) is 16.7. The van der Waals surface area contributed by atoms with Gasteiger partial charge in [-0.25, -0.2) is 0 Å². The zero-order chi connectivity index (χ0) is 19.4. The summed E-state index contributed by atoms with van der Waals surface area (Å²) in [6, 6.07) is 37.3. The summed E-state index contributed by atoms with van der Waals surface area (Å²) in [7, 11) is 0. The standard InChI is InChI=1S/C30H22/c1-2-10-18-17(9-1)25-19-11-3-4-12-20(19)26(18)30-28-23-15-7-5-13-21(23)27(29(25)30)22-14-6-8-16-24(22)28/h1-16,25-30H. The van der Waals surface area contributed by atoms with Gasteiger partial charge in [0.1, 0.15) is 0 Å². The Hall–Kier alpha value is -3.12. The van der Waals surface area contributed by atoms with Crippen LogP contribution in [0.25, 0.3) is 0 Å². The van der Waals surface area contributed by atoms with Gasteiger partial charge in [-0.05, 0) is 56.3 Å². The largest absolute Gasteiger partial charge is 0.0620 e. The van der Waals surface area contributed by atoms with Crippen molar-refractivity contribution in [3.63, 3.8) is 0 Å². The quantitative estimate of drug-likeness (QED) is 0.314. The molecule has 0 spiro atoms. The van der Waals surface area contributed by atoms with E-state index in [9.17, 15) is 0 Å². The molecule has 0 nitrogen and oxygen atoms in total. The van der Waals surface area contributed by atoms with Gasteiger partial charge in [-0.1, -0.05) is 97.1 Å². The van der Waals surface area contributed by atoms with Crippen molar-refractivity contribution >= 4 is 0 Å². The second kappa shape index (κ2) is 5.32. The second-order valence-electron chi connectivity index (χ2n) is 9.58. The molecule has 142 valence electrons. The number of hydrogen-bond acceptors (Lipinski definition) is 0. The molecular weight excluding hydrogens is 360 g/mol. The van der Waals surface area contributed by atoms with Crippen molar-refractivity contribution in [2.75, 3.05) is 0 Å². The van der Waals surface area contributed by atoms with Crippen molar-refractivity contribution in [3.05, 3.63) is 142 Å². The predicted octanol–water partition coefficient (Wildman–Crippen LogP) is 6.80. The fourth-order valence-electron chi connectivity index (χ4n) is 7.91. The van der Waals surface area contributed by atoms with E-state index in [1.54, 1.807) is 44.5 Å².